The Morgan fingerprint density at radius 2 is 2.21 bits per heavy atom. The molecule has 0 amide bonds. The van der Waals surface area contributed by atoms with Gasteiger partial charge in [-0.15, -0.1) is 0 Å². The zero-order valence-electron chi connectivity index (χ0n) is 10.3. The van der Waals surface area contributed by atoms with Crippen LogP contribution in [0.3, 0.4) is 0 Å². The van der Waals surface area contributed by atoms with Gasteiger partial charge in [0.1, 0.15) is 11.8 Å². The van der Waals surface area contributed by atoms with Gasteiger partial charge in [-0.3, -0.25) is 0 Å². The Morgan fingerprint density at radius 3 is 2.84 bits per heavy atom. The second-order valence-electron chi connectivity index (χ2n) is 4.03. The third-order valence-electron chi connectivity index (χ3n) is 2.71. The van der Waals surface area contributed by atoms with Crippen molar-refractivity contribution in [2.45, 2.75) is 13.5 Å². The molecule has 1 aromatic heterocycles. The van der Waals surface area contributed by atoms with E-state index in [1.165, 1.54) is 6.07 Å². The zero-order valence-corrected chi connectivity index (χ0v) is 10.3. The summed E-state index contributed by atoms with van der Waals surface area (Å²) in [6, 6.07) is 10.6. The highest BCUT2D eigenvalue weighted by Crippen LogP contribution is 2.19. The fraction of sp³-hybridized carbons (Fsp3) is 0.143. The lowest BCUT2D eigenvalue weighted by molar-refractivity contribution is 0.0660. The van der Waals surface area contributed by atoms with Gasteiger partial charge in [0.05, 0.1) is 17.8 Å². The molecule has 0 atom stereocenters. The molecule has 0 spiro atoms. The SMILES string of the molecule is Cc1cccc(NCc2ccc(C(=O)O)o2)c1C#N. The van der Waals surface area contributed by atoms with Crippen molar-refractivity contribution in [3.8, 4) is 6.07 Å². The number of hydrogen-bond donors (Lipinski definition) is 2. The van der Waals surface area contributed by atoms with Crippen molar-refractivity contribution in [1.29, 1.82) is 5.26 Å². The first-order valence-corrected chi connectivity index (χ1v) is 5.67. The van der Waals surface area contributed by atoms with Gasteiger partial charge in [0.25, 0.3) is 0 Å². The third kappa shape index (κ3) is 2.75. The Balaban J connectivity index is 2.12. The number of benzene rings is 1. The molecular formula is C14H12N2O3. The van der Waals surface area contributed by atoms with E-state index in [1.807, 2.05) is 19.1 Å². The Hall–Kier alpha value is -2.74. The van der Waals surface area contributed by atoms with Crippen molar-refractivity contribution in [2.75, 3.05) is 5.32 Å². The fourth-order valence-electron chi connectivity index (χ4n) is 1.73. The maximum atomic E-state index is 10.7. The van der Waals surface area contributed by atoms with Crippen LogP contribution in [-0.2, 0) is 6.54 Å². The molecule has 19 heavy (non-hydrogen) atoms. The predicted molar refractivity (Wildman–Crippen MR) is 68.9 cm³/mol. The summed E-state index contributed by atoms with van der Waals surface area (Å²) in [7, 11) is 0. The van der Waals surface area contributed by atoms with E-state index in [4.69, 9.17) is 14.8 Å². The first kappa shape index (κ1) is 12.7. The third-order valence-corrected chi connectivity index (χ3v) is 2.71. The molecule has 1 aromatic carbocycles. The van der Waals surface area contributed by atoms with Gasteiger partial charge in [0.2, 0.25) is 5.76 Å². The summed E-state index contributed by atoms with van der Waals surface area (Å²) in [6.45, 7) is 2.19. The van der Waals surface area contributed by atoms with Crippen molar-refractivity contribution in [3.05, 3.63) is 53.0 Å². The summed E-state index contributed by atoms with van der Waals surface area (Å²) in [5.74, 6) is -0.691. The van der Waals surface area contributed by atoms with Crippen molar-refractivity contribution < 1.29 is 14.3 Å². The first-order chi connectivity index (χ1) is 9.11. The monoisotopic (exact) mass is 256 g/mol. The summed E-state index contributed by atoms with van der Waals surface area (Å²) >= 11 is 0. The van der Waals surface area contributed by atoms with Gasteiger partial charge in [-0.05, 0) is 30.7 Å². The lowest BCUT2D eigenvalue weighted by Crippen LogP contribution is -2.01. The number of carbonyl (C=O) groups is 1. The molecule has 0 aliphatic rings. The minimum absolute atomic E-state index is 0.0958. The van der Waals surface area contributed by atoms with Gasteiger partial charge >= 0.3 is 5.97 Å². The van der Waals surface area contributed by atoms with Crippen molar-refractivity contribution in [2.24, 2.45) is 0 Å². The van der Waals surface area contributed by atoms with E-state index in [9.17, 15) is 4.79 Å². The number of nitriles is 1. The quantitative estimate of drug-likeness (QED) is 0.878. The fourth-order valence-corrected chi connectivity index (χ4v) is 1.73. The average molecular weight is 256 g/mol. The van der Waals surface area contributed by atoms with Gasteiger partial charge in [-0.25, -0.2) is 4.79 Å². The van der Waals surface area contributed by atoms with Crippen LogP contribution in [0.2, 0.25) is 0 Å². The molecule has 0 aliphatic heterocycles. The van der Waals surface area contributed by atoms with E-state index in [-0.39, 0.29) is 5.76 Å². The van der Waals surface area contributed by atoms with Crippen LogP contribution < -0.4 is 5.32 Å². The van der Waals surface area contributed by atoms with Crippen LogP contribution in [0.4, 0.5) is 5.69 Å². The molecule has 5 nitrogen and oxygen atoms in total. The molecule has 2 N–H and O–H groups in total. The van der Waals surface area contributed by atoms with Crippen molar-refractivity contribution >= 4 is 11.7 Å². The summed E-state index contributed by atoms with van der Waals surface area (Å²) in [5.41, 5.74) is 2.17. The van der Waals surface area contributed by atoms with E-state index >= 15 is 0 Å². The molecule has 2 rings (SSSR count). The highest BCUT2D eigenvalue weighted by molar-refractivity contribution is 5.84. The largest absolute Gasteiger partial charge is 0.475 e. The maximum Gasteiger partial charge on any atom is 0.371 e. The summed E-state index contributed by atoms with van der Waals surface area (Å²) in [4.78, 5) is 10.7. The Labute approximate surface area is 110 Å². The van der Waals surface area contributed by atoms with Crippen LogP contribution in [-0.4, -0.2) is 11.1 Å². The minimum Gasteiger partial charge on any atom is -0.475 e. The number of furan rings is 1. The Morgan fingerprint density at radius 1 is 1.42 bits per heavy atom. The second kappa shape index (κ2) is 5.27. The Bertz CT molecular complexity index is 653. The van der Waals surface area contributed by atoms with Crippen LogP contribution in [0.5, 0.6) is 0 Å². The van der Waals surface area contributed by atoms with E-state index in [0.29, 0.717) is 23.6 Å². The molecule has 0 saturated heterocycles. The van der Waals surface area contributed by atoms with Gasteiger partial charge < -0.3 is 14.8 Å². The van der Waals surface area contributed by atoms with E-state index in [2.05, 4.69) is 11.4 Å². The van der Waals surface area contributed by atoms with Crippen LogP contribution in [0.15, 0.2) is 34.7 Å². The number of rotatable bonds is 4. The molecule has 0 aliphatic carbocycles. The summed E-state index contributed by atoms with van der Waals surface area (Å²) in [6.07, 6.45) is 0. The number of carboxylic acid groups (broad SMARTS) is 1. The lowest BCUT2D eigenvalue weighted by Gasteiger charge is -2.08. The van der Waals surface area contributed by atoms with Crippen LogP contribution >= 0.6 is 0 Å². The van der Waals surface area contributed by atoms with Crippen LogP contribution in [0.1, 0.15) is 27.4 Å². The second-order valence-corrected chi connectivity index (χ2v) is 4.03. The summed E-state index contributed by atoms with van der Waals surface area (Å²) < 4.78 is 5.13. The van der Waals surface area contributed by atoms with Gasteiger partial charge in [0, 0.05) is 0 Å². The molecule has 5 heteroatoms. The number of hydrogen-bond acceptors (Lipinski definition) is 4. The lowest BCUT2D eigenvalue weighted by atomic mass is 10.1. The number of nitrogens with zero attached hydrogens (tertiary/aromatic N) is 1. The molecule has 0 radical (unpaired) electrons. The zero-order chi connectivity index (χ0) is 13.8. The smallest absolute Gasteiger partial charge is 0.371 e. The first-order valence-electron chi connectivity index (χ1n) is 5.67. The number of nitrogens with one attached hydrogen (secondary N) is 1. The molecule has 2 aromatic rings. The Kier molecular flexibility index (Phi) is 3.53. The van der Waals surface area contributed by atoms with Gasteiger partial charge in [0.15, 0.2) is 0 Å². The predicted octanol–water partition coefficient (Wildman–Crippen LogP) is 2.77. The maximum absolute atomic E-state index is 10.7. The summed E-state index contributed by atoms with van der Waals surface area (Å²) in [5, 5.41) is 20.9. The van der Waals surface area contributed by atoms with Crippen molar-refractivity contribution in [1.82, 2.24) is 0 Å². The van der Waals surface area contributed by atoms with E-state index < -0.39 is 5.97 Å². The molecule has 0 unspecified atom stereocenters. The van der Waals surface area contributed by atoms with Gasteiger partial charge in [-0.2, -0.15) is 5.26 Å². The van der Waals surface area contributed by atoms with E-state index in [0.717, 1.165) is 5.56 Å². The molecule has 0 bridgehead atoms. The highest BCUT2D eigenvalue weighted by Gasteiger charge is 2.09. The molecule has 1 heterocycles. The van der Waals surface area contributed by atoms with E-state index in [1.54, 1.807) is 12.1 Å². The standard InChI is InChI=1S/C14H12N2O3/c1-9-3-2-4-12(11(9)7-15)16-8-10-5-6-13(19-10)14(17)18/h2-6,16H,8H2,1H3,(H,17,18). The number of aromatic carboxylic acids is 1. The molecule has 0 saturated carbocycles. The average Bonchev–Trinajstić information content (AvgIpc) is 2.85. The molecule has 0 fully saturated rings. The van der Waals surface area contributed by atoms with Crippen LogP contribution in [0, 0.1) is 18.3 Å². The normalized spacial score (nSPS) is 9.89. The minimum atomic E-state index is -1.10. The highest BCUT2D eigenvalue weighted by atomic mass is 16.4. The number of anilines is 1. The molecular weight excluding hydrogens is 244 g/mol. The van der Waals surface area contributed by atoms with Gasteiger partial charge in [-0.1, -0.05) is 12.1 Å². The number of carboxylic acids is 1. The number of aryl methyl sites for hydroxylation is 1. The topological polar surface area (TPSA) is 86.3 Å². The van der Waals surface area contributed by atoms with Crippen LogP contribution in [0.25, 0.3) is 0 Å². The van der Waals surface area contributed by atoms with Crippen molar-refractivity contribution in [3.63, 3.8) is 0 Å². The molecule has 96 valence electrons.